The second-order valence-electron chi connectivity index (χ2n) is 2.92. The summed E-state index contributed by atoms with van der Waals surface area (Å²) in [6.07, 6.45) is 0. The van der Waals surface area contributed by atoms with Gasteiger partial charge in [-0.15, -0.1) is 5.06 Å². The number of hydrogen-bond acceptors (Lipinski definition) is 5. The quantitative estimate of drug-likeness (QED) is 0.340. The molecule has 1 aliphatic rings. The Morgan fingerprint density at radius 2 is 1.24 bits per heavy atom. The largest absolute Gasteiger partial charge is 0.394 e. The first-order chi connectivity index (χ1) is 7.72. The maximum absolute atomic E-state index is 11.1. The van der Waals surface area contributed by atoms with Crippen LogP contribution in [0.5, 0.6) is 0 Å². The molecule has 8 nitrogen and oxygen atoms in total. The van der Waals surface area contributed by atoms with E-state index in [1.165, 1.54) is 12.1 Å². The average Bonchev–Trinajstić information content (AvgIpc) is 2.43. The Morgan fingerprint density at radius 3 is 1.53 bits per heavy atom. The second-order valence-corrected chi connectivity index (χ2v) is 3.81. The van der Waals surface area contributed by atoms with Gasteiger partial charge in [-0.2, -0.15) is 8.42 Å². The topological polar surface area (TPSA) is 132 Å². The number of carbonyl (C=O) groups is 2. The summed E-state index contributed by atoms with van der Waals surface area (Å²) < 4.78 is 31.6. The van der Waals surface area contributed by atoms with E-state index in [1.807, 2.05) is 0 Å². The zero-order chi connectivity index (χ0) is 13.2. The summed E-state index contributed by atoms with van der Waals surface area (Å²) in [5.74, 6) is -1.31. The van der Waals surface area contributed by atoms with Crippen molar-refractivity contribution in [3.63, 3.8) is 0 Å². The van der Waals surface area contributed by atoms with Crippen molar-refractivity contribution in [1.82, 2.24) is 5.06 Å². The molecule has 0 spiro atoms. The van der Waals surface area contributed by atoms with Gasteiger partial charge in [-0.3, -0.25) is 23.9 Å². The van der Waals surface area contributed by atoms with Gasteiger partial charge in [0.25, 0.3) is 11.8 Å². The standard InChI is InChI=1S/C8H5NO3.H2O4S/c10-7-5-3-1-2-4-6(5)8(11)9(7)12;1-5(2,3)4/h1-4,12H;(H2,1,2,3,4). The molecule has 1 aromatic carbocycles. The molecular formula is C8H7NO7S. The van der Waals surface area contributed by atoms with Crippen molar-refractivity contribution in [3.8, 4) is 0 Å². The third-order valence-electron chi connectivity index (χ3n) is 1.77. The van der Waals surface area contributed by atoms with E-state index in [0.717, 1.165) is 0 Å². The van der Waals surface area contributed by atoms with Crippen LogP contribution in [0.4, 0.5) is 0 Å². The predicted octanol–water partition coefficient (Wildman–Crippen LogP) is 0.0190. The van der Waals surface area contributed by atoms with Gasteiger partial charge in [0.1, 0.15) is 0 Å². The number of hydrogen-bond donors (Lipinski definition) is 3. The lowest BCUT2D eigenvalue weighted by Gasteiger charge is -1.99. The number of carbonyl (C=O) groups excluding carboxylic acids is 2. The van der Waals surface area contributed by atoms with Gasteiger partial charge < -0.3 is 0 Å². The molecule has 17 heavy (non-hydrogen) atoms. The van der Waals surface area contributed by atoms with Crippen LogP contribution in [0.2, 0.25) is 0 Å². The van der Waals surface area contributed by atoms with Crippen molar-refractivity contribution in [2.75, 3.05) is 0 Å². The van der Waals surface area contributed by atoms with E-state index in [-0.39, 0.29) is 16.2 Å². The minimum absolute atomic E-state index is 0.130. The Bertz CT molecular complexity index is 522. The smallest absolute Gasteiger partial charge is 0.278 e. The number of amides is 2. The molecule has 0 aliphatic carbocycles. The Balaban J connectivity index is 0.000000249. The molecule has 0 aromatic heterocycles. The summed E-state index contributed by atoms with van der Waals surface area (Å²) in [6, 6.07) is 6.30. The van der Waals surface area contributed by atoms with E-state index in [4.69, 9.17) is 22.7 Å². The molecule has 9 heteroatoms. The second kappa shape index (κ2) is 4.59. The van der Waals surface area contributed by atoms with Gasteiger partial charge >= 0.3 is 10.4 Å². The fourth-order valence-electron chi connectivity index (χ4n) is 1.18. The van der Waals surface area contributed by atoms with Crippen LogP contribution in [0, 0.1) is 0 Å². The lowest BCUT2D eigenvalue weighted by Crippen LogP contribution is -2.25. The maximum Gasteiger partial charge on any atom is 0.394 e. The third-order valence-corrected chi connectivity index (χ3v) is 1.77. The Hall–Kier alpha value is -1.81. The molecule has 92 valence electrons. The van der Waals surface area contributed by atoms with Crippen LogP contribution >= 0.6 is 0 Å². The third kappa shape index (κ3) is 3.32. The predicted molar refractivity (Wildman–Crippen MR) is 52.9 cm³/mol. The fraction of sp³-hybridized carbons (Fsp3) is 0. The first-order valence-corrected chi connectivity index (χ1v) is 5.48. The number of fused-ring (bicyclic) bond motifs is 1. The normalized spacial score (nSPS) is 14.2. The van der Waals surface area contributed by atoms with E-state index >= 15 is 0 Å². The molecule has 0 radical (unpaired) electrons. The van der Waals surface area contributed by atoms with E-state index in [0.29, 0.717) is 0 Å². The zero-order valence-corrected chi connectivity index (χ0v) is 8.96. The molecular weight excluding hydrogens is 254 g/mol. The van der Waals surface area contributed by atoms with Crippen molar-refractivity contribution in [3.05, 3.63) is 35.4 Å². The van der Waals surface area contributed by atoms with Crippen molar-refractivity contribution in [1.29, 1.82) is 0 Å². The van der Waals surface area contributed by atoms with Crippen LogP contribution < -0.4 is 0 Å². The minimum atomic E-state index is -4.67. The van der Waals surface area contributed by atoms with Crippen molar-refractivity contribution < 1.29 is 32.3 Å². The summed E-state index contributed by atoms with van der Waals surface area (Å²) in [5, 5.41) is 9.05. The molecule has 0 bridgehead atoms. The number of imide groups is 1. The number of rotatable bonds is 0. The zero-order valence-electron chi connectivity index (χ0n) is 8.14. The number of hydroxylamine groups is 2. The number of nitrogens with zero attached hydrogens (tertiary/aromatic N) is 1. The van der Waals surface area contributed by atoms with Gasteiger partial charge in [-0.05, 0) is 12.1 Å². The van der Waals surface area contributed by atoms with Crippen molar-refractivity contribution in [2.45, 2.75) is 0 Å². The van der Waals surface area contributed by atoms with Crippen LogP contribution in [0.1, 0.15) is 20.7 Å². The van der Waals surface area contributed by atoms with E-state index in [2.05, 4.69) is 0 Å². The van der Waals surface area contributed by atoms with Crippen LogP contribution in [0.3, 0.4) is 0 Å². The fourth-order valence-corrected chi connectivity index (χ4v) is 1.18. The summed E-state index contributed by atoms with van der Waals surface area (Å²) in [4.78, 5) is 22.1. The summed E-state index contributed by atoms with van der Waals surface area (Å²) in [6.45, 7) is 0. The SMILES string of the molecule is O=C1c2ccccc2C(=O)N1O.O=S(=O)(O)O. The van der Waals surface area contributed by atoms with Crippen LogP contribution in [-0.2, 0) is 10.4 Å². The summed E-state index contributed by atoms with van der Waals surface area (Å²) >= 11 is 0. The molecule has 2 rings (SSSR count). The Labute approximate surface area is 95.6 Å². The Kier molecular flexibility index (Phi) is 3.58. The summed E-state index contributed by atoms with van der Waals surface area (Å²) in [7, 11) is -4.67. The highest BCUT2D eigenvalue weighted by Gasteiger charge is 2.33. The molecule has 0 saturated heterocycles. The van der Waals surface area contributed by atoms with E-state index in [1.54, 1.807) is 12.1 Å². The lowest BCUT2D eigenvalue weighted by molar-refractivity contribution is -0.0327. The molecule has 1 aromatic rings. The maximum atomic E-state index is 11.1. The molecule has 3 N–H and O–H groups in total. The van der Waals surface area contributed by atoms with E-state index < -0.39 is 22.2 Å². The number of benzene rings is 1. The van der Waals surface area contributed by atoms with Gasteiger partial charge in [-0.25, -0.2) is 0 Å². The van der Waals surface area contributed by atoms with Crippen LogP contribution in [0.15, 0.2) is 24.3 Å². The van der Waals surface area contributed by atoms with Crippen molar-refractivity contribution in [2.24, 2.45) is 0 Å². The van der Waals surface area contributed by atoms with Crippen molar-refractivity contribution >= 4 is 22.2 Å². The van der Waals surface area contributed by atoms with Crippen LogP contribution in [-0.4, -0.2) is 39.6 Å². The first-order valence-electron chi connectivity index (χ1n) is 4.08. The van der Waals surface area contributed by atoms with Gasteiger partial charge in [0, 0.05) is 0 Å². The lowest BCUT2D eigenvalue weighted by atomic mass is 10.1. The molecule has 1 aliphatic heterocycles. The molecule has 0 saturated carbocycles. The summed E-state index contributed by atoms with van der Waals surface area (Å²) in [5.41, 5.74) is 0.509. The van der Waals surface area contributed by atoms with Gasteiger partial charge in [0.2, 0.25) is 0 Å². The molecule has 0 atom stereocenters. The highest BCUT2D eigenvalue weighted by molar-refractivity contribution is 7.79. The molecule has 2 amide bonds. The molecule has 0 unspecified atom stereocenters. The molecule has 0 fully saturated rings. The minimum Gasteiger partial charge on any atom is -0.278 e. The van der Waals surface area contributed by atoms with E-state index in [9.17, 15) is 9.59 Å². The Morgan fingerprint density at radius 1 is 0.941 bits per heavy atom. The van der Waals surface area contributed by atoms with Gasteiger partial charge in [-0.1, -0.05) is 12.1 Å². The van der Waals surface area contributed by atoms with Crippen LogP contribution in [0.25, 0.3) is 0 Å². The average molecular weight is 261 g/mol. The van der Waals surface area contributed by atoms with Gasteiger partial charge in [0.05, 0.1) is 11.1 Å². The van der Waals surface area contributed by atoms with Gasteiger partial charge in [0.15, 0.2) is 0 Å². The molecule has 1 heterocycles. The first kappa shape index (κ1) is 13.3. The monoisotopic (exact) mass is 261 g/mol. The highest BCUT2D eigenvalue weighted by Crippen LogP contribution is 2.19. The highest BCUT2D eigenvalue weighted by atomic mass is 32.3.